The third-order valence-electron chi connectivity index (χ3n) is 23.0. The third-order valence-corrected chi connectivity index (χ3v) is 23.0. The fraction of sp³-hybridized carbons (Fsp3) is 0.862. The van der Waals surface area contributed by atoms with E-state index in [1.165, 1.54) is 270 Å². The number of carbonyl (C=O) groups is 1. The van der Waals surface area contributed by atoms with E-state index in [2.05, 4.69) is 92.1 Å². The van der Waals surface area contributed by atoms with Crippen molar-refractivity contribution in [3.8, 4) is 0 Å². The number of nitrogens with one attached hydrogen (secondary N) is 1. The standard InChI is InChI=1S/C94H171NO18/c1-3-5-7-9-11-13-15-17-19-21-23-25-27-29-31-33-35-37-38-40-42-44-46-48-50-52-54-56-58-60-62-64-66-68-70-72-82(100)95-77(78(99)71-69-67-65-63-61-59-57-55-53-51-49-47-45-43-41-39-36-34-32-30-28-26-24-22-20-18-16-14-12-10-8-6-4-2)76-108-92-88(106)85(103)90(80(74-97)110-92)113-94-89(107)86(104)91(81(75-98)111-94)112-93-87(105)84(102)83(101)79(73-96)109-93/h5,7,11,13,17,19,23,25,29,31,35,37,77-81,83-94,96-99,101-107H,3-4,6,8-10,12,14-16,18,20-22,24,26-28,30,32-34,36,38-76H2,1-2H3,(H,95,100)/b7-5-,13-11-,19-17-,25-23-,31-29-,37-35-. The van der Waals surface area contributed by atoms with Crippen LogP contribution in [0.15, 0.2) is 72.9 Å². The van der Waals surface area contributed by atoms with Gasteiger partial charge in [-0.2, -0.15) is 0 Å². The Hall–Kier alpha value is -2.77. The summed E-state index contributed by atoms with van der Waals surface area (Å²) in [6.45, 7) is 1.75. The van der Waals surface area contributed by atoms with Gasteiger partial charge in [-0.05, 0) is 64.2 Å². The van der Waals surface area contributed by atoms with Crippen LogP contribution in [0, 0.1) is 0 Å². The number of carbonyl (C=O) groups excluding carboxylic acids is 1. The largest absolute Gasteiger partial charge is 0.394 e. The summed E-state index contributed by atoms with van der Waals surface area (Å²) >= 11 is 0. The van der Waals surface area contributed by atoms with Gasteiger partial charge in [0.1, 0.15) is 73.2 Å². The lowest BCUT2D eigenvalue weighted by Crippen LogP contribution is -2.66. The first-order valence-electron chi connectivity index (χ1n) is 46.7. The lowest BCUT2D eigenvalue weighted by atomic mass is 9.96. The van der Waals surface area contributed by atoms with E-state index in [1.54, 1.807) is 0 Å². The first-order valence-corrected chi connectivity index (χ1v) is 46.7. The average molecular weight is 1600 g/mol. The second-order valence-corrected chi connectivity index (χ2v) is 33.1. The molecule has 19 heteroatoms. The maximum Gasteiger partial charge on any atom is 0.220 e. The molecule has 0 aromatic carbocycles. The number of rotatable bonds is 76. The molecule has 12 N–H and O–H groups in total. The molecule has 0 radical (unpaired) electrons. The number of aliphatic hydroxyl groups is 11. The zero-order chi connectivity index (χ0) is 81.7. The summed E-state index contributed by atoms with van der Waals surface area (Å²) < 4.78 is 34.6. The Morgan fingerprint density at radius 2 is 0.611 bits per heavy atom. The molecule has 17 unspecified atom stereocenters. The van der Waals surface area contributed by atoms with Gasteiger partial charge in [0.2, 0.25) is 5.91 Å². The van der Waals surface area contributed by atoms with E-state index in [-0.39, 0.29) is 18.9 Å². The molecular weight excluding hydrogens is 1430 g/mol. The van der Waals surface area contributed by atoms with Crippen molar-refractivity contribution in [1.29, 1.82) is 0 Å². The number of amides is 1. The Kier molecular flexibility index (Phi) is 67.6. The maximum atomic E-state index is 13.6. The summed E-state index contributed by atoms with van der Waals surface area (Å²) in [5.41, 5.74) is 0. The van der Waals surface area contributed by atoms with Gasteiger partial charge in [-0.25, -0.2) is 0 Å². The van der Waals surface area contributed by atoms with Crippen molar-refractivity contribution in [1.82, 2.24) is 5.32 Å². The van der Waals surface area contributed by atoms with E-state index in [1.807, 2.05) is 0 Å². The van der Waals surface area contributed by atoms with Gasteiger partial charge >= 0.3 is 0 Å². The molecule has 3 fully saturated rings. The Bertz CT molecular complexity index is 2320. The van der Waals surface area contributed by atoms with Gasteiger partial charge in [-0.3, -0.25) is 4.79 Å². The fourth-order valence-corrected chi connectivity index (χ4v) is 15.7. The maximum absolute atomic E-state index is 13.6. The van der Waals surface area contributed by atoms with Gasteiger partial charge in [0.15, 0.2) is 18.9 Å². The molecule has 3 saturated heterocycles. The van der Waals surface area contributed by atoms with E-state index >= 15 is 0 Å². The average Bonchev–Trinajstić information content (AvgIpc) is 0.780. The third kappa shape index (κ3) is 51.5. The zero-order valence-electron chi connectivity index (χ0n) is 71.4. The quantitative estimate of drug-likeness (QED) is 0.0199. The minimum atomic E-state index is -1.98. The summed E-state index contributed by atoms with van der Waals surface area (Å²) in [6.07, 6.45) is 71.6. The van der Waals surface area contributed by atoms with Crippen LogP contribution < -0.4 is 5.32 Å². The van der Waals surface area contributed by atoms with E-state index in [0.717, 1.165) is 83.5 Å². The number of allylic oxidation sites excluding steroid dienone is 12. The molecular formula is C94H171NO18. The second kappa shape index (κ2) is 73.2. The molecule has 0 saturated carbocycles. The van der Waals surface area contributed by atoms with Crippen molar-refractivity contribution in [3.05, 3.63) is 72.9 Å². The number of hydrogen-bond donors (Lipinski definition) is 12. The van der Waals surface area contributed by atoms with Gasteiger partial charge in [0.05, 0.1) is 38.6 Å². The van der Waals surface area contributed by atoms with Gasteiger partial charge in [-0.1, -0.05) is 389 Å². The molecule has 19 nitrogen and oxygen atoms in total. The Morgan fingerprint density at radius 3 is 0.956 bits per heavy atom. The van der Waals surface area contributed by atoms with Crippen molar-refractivity contribution >= 4 is 5.91 Å². The first kappa shape index (κ1) is 104. The number of unbranched alkanes of at least 4 members (excludes halogenated alkanes) is 48. The van der Waals surface area contributed by atoms with Gasteiger partial charge < -0.3 is 89.9 Å². The highest BCUT2D eigenvalue weighted by Gasteiger charge is 2.54. The molecule has 0 bridgehead atoms. The predicted molar refractivity (Wildman–Crippen MR) is 457 cm³/mol. The highest BCUT2D eigenvalue weighted by Crippen LogP contribution is 2.34. The predicted octanol–water partition coefficient (Wildman–Crippen LogP) is 18.3. The Labute approximate surface area is 687 Å². The lowest BCUT2D eigenvalue weighted by Gasteiger charge is -2.48. The van der Waals surface area contributed by atoms with Crippen LogP contribution >= 0.6 is 0 Å². The summed E-state index contributed by atoms with van der Waals surface area (Å²) in [5.74, 6) is -0.238. The lowest BCUT2D eigenvalue weighted by molar-refractivity contribution is -0.379. The molecule has 3 aliphatic rings. The van der Waals surface area contributed by atoms with Crippen LogP contribution in [0.4, 0.5) is 0 Å². The minimum absolute atomic E-state index is 0.238. The Balaban J connectivity index is 1.31. The molecule has 0 aromatic heterocycles. The van der Waals surface area contributed by atoms with Gasteiger partial charge in [0.25, 0.3) is 0 Å². The summed E-state index contributed by atoms with van der Waals surface area (Å²) in [5, 5.41) is 121. The second-order valence-electron chi connectivity index (χ2n) is 33.1. The number of aliphatic hydroxyl groups excluding tert-OH is 11. The molecule has 0 aliphatic carbocycles. The van der Waals surface area contributed by atoms with Crippen molar-refractivity contribution in [2.75, 3.05) is 26.4 Å². The van der Waals surface area contributed by atoms with Crippen LogP contribution in [0.2, 0.25) is 0 Å². The fourth-order valence-electron chi connectivity index (χ4n) is 15.7. The molecule has 17 atom stereocenters. The van der Waals surface area contributed by atoms with Crippen molar-refractivity contribution < 1.29 is 89.4 Å². The van der Waals surface area contributed by atoms with Crippen molar-refractivity contribution in [3.63, 3.8) is 0 Å². The van der Waals surface area contributed by atoms with Crippen molar-refractivity contribution in [2.45, 2.75) is 491 Å². The summed E-state index contributed by atoms with van der Waals surface area (Å²) in [6, 6.07) is -0.892. The van der Waals surface area contributed by atoms with Crippen LogP contribution in [-0.2, 0) is 33.2 Å². The molecule has 113 heavy (non-hydrogen) atoms. The molecule has 3 aliphatic heterocycles. The smallest absolute Gasteiger partial charge is 0.220 e. The van der Waals surface area contributed by atoms with Crippen molar-refractivity contribution in [2.24, 2.45) is 0 Å². The zero-order valence-corrected chi connectivity index (χ0v) is 71.4. The molecule has 0 aromatic rings. The van der Waals surface area contributed by atoms with E-state index < -0.39 is 124 Å². The summed E-state index contributed by atoms with van der Waals surface area (Å²) in [4.78, 5) is 13.6. The van der Waals surface area contributed by atoms with E-state index in [4.69, 9.17) is 28.4 Å². The minimum Gasteiger partial charge on any atom is -0.394 e. The molecule has 3 rings (SSSR count). The van der Waals surface area contributed by atoms with Crippen LogP contribution in [-0.4, -0.2) is 193 Å². The van der Waals surface area contributed by atoms with E-state index in [0.29, 0.717) is 12.8 Å². The monoisotopic (exact) mass is 1600 g/mol. The topological polar surface area (TPSA) is 307 Å². The highest BCUT2D eigenvalue weighted by molar-refractivity contribution is 5.76. The van der Waals surface area contributed by atoms with E-state index in [9.17, 15) is 61.0 Å². The molecule has 660 valence electrons. The van der Waals surface area contributed by atoms with Crippen LogP contribution in [0.5, 0.6) is 0 Å². The number of hydrogen-bond acceptors (Lipinski definition) is 18. The first-order chi connectivity index (χ1) is 55.3. The number of ether oxygens (including phenoxy) is 6. The van der Waals surface area contributed by atoms with Crippen LogP contribution in [0.25, 0.3) is 0 Å². The molecule has 0 spiro atoms. The molecule has 1 amide bonds. The van der Waals surface area contributed by atoms with Gasteiger partial charge in [-0.15, -0.1) is 0 Å². The summed E-state index contributed by atoms with van der Waals surface area (Å²) in [7, 11) is 0. The van der Waals surface area contributed by atoms with Crippen LogP contribution in [0.3, 0.4) is 0 Å². The normalized spacial score (nSPS) is 25.1. The van der Waals surface area contributed by atoms with Crippen LogP contribution in [0.1, 0.15) is 386 Å². The Morgan fingerprint density at radius 1 is 0.327 bits per heavy atom. The molecule has 3 heterocycles. The SMILES string of the molecule is CC/C=C\C/C=C\C/C=C\C/C=C\C/C=C\C/C=C\CCCCCCCCCCCCCCCCCCC(=O)NC(COC1OC(CO)C(OC2OC(CO)C(OC3OC(CO)C(O)C(O)C3O)C(O)C2O)C(O)C1O)C(O)CCCCCCCCCCCCCCCCCCCCCCCCCCCCCCCCCCC. The highest BCUT2D eigenvalue weighted by atomic mass is 16.8. The van der Waals surface area contributed by atoms with Gasteiger partial charge in [0, 0.05) is 6.42 Å².